The van der Waals surface area contributed by atoms with Gasteiger partial charge in [-0.15, -0.1) is 0 Å². The Kier molecular flexibility index (Phi) is 4.53. The lowest BCUT2D eigenvalue weighted by molar-refractivity contribution is -0.121. The van der Waals surface area contributed by atoms with Crippen molar-refractivity contribution < 1.29 is 9.21 Å². The van der Waals surface area contributed by atoms with Crippen molar-refractivity contribution in [3.05, 3.63) is 23.2 Å². The quantitative estimate of drug-likeness (QED) is 0.814. The van der Waals surface area contributed by atoms with Crippen LogP contribution in [0.4, 0.5) is 0 Å². The lowest BCUT2D eigenvalue weighted by Crippen LogP contribution is -2.40. The molecule has 1 aromatic rings. The second-order valence-electron chi connectivity index (χ2n) is 6.58. The molecule has 1 aromatic heterocycles. The third-order valence-electron chi connectivity index (χ3n) is 3.78. The number of carbonyl (C=O) groups excluding carboxylic acids is 1. The van der Waals surface area contributed by atoms with Crippen LogP contribution in [0.1, 0.15) is 56.7 Å². The molecule has 20 heavy (non-hydrogen) atoms. The minimum Gasteiger partial charge on any atom is -0.466 e. The number of fused-ring (bicyclic) bond motifs is 1. The molecule has 4 nitrogen and oxygen atoms in total. The zero-order valence-corrected chi connectivity index (χ0v) is 13.0. The summed E-state index contributed by atoms with van der Waals surface area (Å²) in [6.45, 7) is 9.77. The van der Waals surface area contributed by atoms with Crippen LogP contribution in [-0.2, 0) is 11.2 Å². The summed E-state index contributed by atoms with van der Waals surface area (Å²) in [5.74, 6) is 2.02. The molecule has 0 saturated carbocycles. The molecule has 1 aliphatic carbocycles. The number of aryl methyl sites for hydroxylation is 1. The molecule has 1 atom stereocenters. The SMILES string of the molecule is CCCNCC(=O)NC1CC(C)(C)Cc2oc(C)cc21. The van der Waals surface area contributed by atoms with Gasteiger partial charge in [0.15, 0.2) is 0 Å². The molecule has 1 amide bonds. The largest absolute Gasteiger partial charge is 0.466 e. The van der Waals surface area contributed by atoms with Crippen LogP contribution < -0.4 is 10.6 Å². The molecular weight excluding hydrogens is 252 g/mol. The smallest absolute Gasteiger partial charge is 0.234 e. The summed E-state index contributed by atoms with van der Waals surface area (Å²) in [6, 6.07) is 2.14. The van der Waals surface area contributed by atoms with Gasteiger partial charge in [-0.1, -0.05) is 20.8 Å². The summed E-state index contributed by atoms with van der Waals surface area (Å²) < 4.78 is 5.78. The van der Waals surface area contributed by atoms with Gasteiger partial charge in [0.25, 0.3) is 0 Å². The minimum absolute atomic E-state index is 0.0611. The Morgan fingerprint density at radius 1 is 1.50 bits per heavy atom. The van der Waals surface area contributed by atoms with E-state index in [9.17, 15) is 4.79 Å². The number of furan rings is 1. The van der Waals surface area contributed by atoms with E-state index in [2.05, 4.69) is 37.5 Å². The predicted molar refractivity (Wildman–Crippen MR) is 79.6 cm³/mol. The highest BCUT2D eigenvalue weighted by atomic mass is 16.3. The molecule has 1 heterocycles. The van der Waals surface area contributed by atoms with E-state index in [0.717, 1.165) is 42.9 Å². The maximum absolute atomic E-state index is 12.0. The first kappa shape index (κ1) is 15.1. The lowest BCUT2D eigenvalue weighted by Gasteiger charge is -2.34. The zero-order valence-electron chi connectivity index (χ0n) is 13.0. The van der Waals surface area contributed by atoms with Gasteiger partial charge >= 0.3 is 0 Å². The van der Waals surface area contributed by atoms with E-state index in [4.69, 9.17) is 4.42 Å². The molecule has 1 aliphatic rings. The minimum atomic E-state index is 0.0611. The van der Waals surface area contributed by atoms with Crippen molar-refractivity contribution in [2.24, 2.45) is 5.41 Å². The highest BCUT2D eigenvalue weighted by molar-refractivity contribution is 5.78. The van der Waals surface area contributed by atoms with Crippen LogP contribution in [0, 0.1) is 12.3 Å². The molecule has 0 radical (unpaired) electrons. The fourth-order valence-electron chi connectivity index (χ4n) is 2.94. The van der Waals surface area contributed by atoms with Gasteiger partial charge in [0.1, 0.15) is 11.5 Å². The number of hydrogen-bond donors (Lipinski definition) is 2. The first-order valence-corrected chi connectivity index (χ1v) is 7.50. The van der Waals surface area contributed by atoms with Crippen molar-refractivity contribution in [1.82, 2.24) is 10.6 Å². The summed E-state index contributed by atoms with van der Waals surface area (Å²) in [4.78, 5) is 12.0. The van der Waals surface area contributed by atoms with Crippen LogP contribution in [-0.4, -0.2) is 19.0 Å². The van der Waals surface area contributed by atoms with Crippen LogP contribution in [0.3, 0.4) is 0 Å². The maximum atomic E-state index is 12.0. The number of hydrogen-bond acceptors (Lipinski definition) is 3. The molecule has 112 valence electrons. The van der Waals surface area contributed by atoms with Gasteiger partial charge in [0.2, 0.25) is 5.91 Å². The van der Waals surface area contributed by atoms with Gasteiger partial charge in [0, 0.05) is 12.0 Å². The highest BCUT2D eigenvalue weighted by Crippen LogP contribution is 2.41. The second-order valence-corrected chi connectivity index (χ2v) is 6.58. The average Bonchev–Trinajstić information content (AvgIpc) is 2.68. The normalized spacial score (nSPS) is 20.5. The number of nitrogens with one attached hydrogen (secondary N) is 2. The van der Waals surface area contributed by atoms with E-state index in [-0.39, 0.29) is 17.4 Å². The fourth-order valence-corrected chi connectivity index (χ4v) is 2.94. The molecule has 2 rings (SSSR count). The Hall–Kier alpha value is -1.29. The molecular formula is C16H26N2O2. The van der Waals surface area contributed by atoms with Crippen molar-refractivity contribution in [3.8, 4) is 0 Å². The first-order valence-electron chi connectivity index (χ1n) is 7.50. The van der Waals surface area contributed by atoms with Crippen molar-refractivity contribution in [2.45, 2.75) is 53.0 Å². The van der Waals surface area contributed by atoms with Gasteiger partial charge in [-0.25, -0.2) is 0 Å². The zero-order chi connectivity index (χ0) is 14.8. The Morgan fingerprint density at radius 3 is 2.95 bits per heavy atom. The van der Waals surface area contributed by atoms with Gasteiger partial charge in [0.05, 0.1) is 12.6 Å². The summed E-state index contributed by atoms with van der Waals surface area (Å²) in [5.41, 5.74) is 1.32. The lowest BCUT2D eigenvalue weighted by atomic mass is 9.74. The van der Waals surface area contributed by atoms with E-state index in [0.29, 0.717) is 6.54 Å². The van der Waals surface area contributed by atoms with Crippen molar-refractivity contribution in [2.75, 3.05) is 13.1 Å². The molecule has 0 spiro atoms. The highest BCUT2D eigenvalue weighted by Gasteiger charge is 2.35. The van der Waals surface area contributed by atoms with Crippen LogP contribution >= 0.6 is 0 Å². The topological polar surface area (TPSA) is 54.3 Å². The van der Waals surface area contributed by atoms with E-state index in [1.807, 2.05) is 6.92 Å². The number of carbonyl (C=O) groups is 1. The number of amides is 1. The first-order chi connectivity index (χ1) is 9.41. The Bertz CT molecular complexity index is 477. The van der Waals surface area contributed by atoms with Crippen molar-refractivity contribution in [1.29, 1.82) is 0 Å². The third-order valence-corrected chi connectivity index (χ3v) is 3.78. The van der Waals surface area contributed by atoms with Crippen molar-refractivity contribution >= 4 is 5.91 Å². The summed E-state index contributed by atoms with van der Waals surface area (Å²) in [7, 11) is 0. The van der Waals surface area contributed by atoms with Crippen LogP contribution in [0.25, 0.3) is 0 Å². The standard InChI is InChI=1S/C16H26N2O2/c1-5-6-17-10-15(19)18-13-8-16(3,4)9-14-12(13)7-11(2)20-14/h7,13,17H,5-6,8-10H2,1-4H3,(H,18,19). The molecule has 4 heteroatoms. The monoisotopic (exact) mass is 278 g/mol. The summed E-state index contributed by atoms with van der Waals surface area (Å²) in [5, 5.41) is 6.28. The Morgan fingerprint density at radius 2 is 2.25 bits per heavy atom. The molecule has 2 N–H and O–H groups in total. The van der Waals surface area contributed by atoms with E-state index in [1.54, 1.807) is 0 Å². The van der Waals surface area contributed by atoms with Gasteiger partial charge in [-0.2, -0.15) is 0 Å². The molecule has 0 bridgehead atoms. The number of rotatable bonds is 5. The Balaban J connectivity index is 2.05. The van der Waals surface area contributed by atoms with Crippen LogP contribution in [0.5, 0.6) is 0 Å². The van der Waals surface area contributed by atoms with E-state index < -0.39 is 0 Å². The third kappa shape index (κ3) is 3.63. The van der Waals surface area contributed by atoms with Gasteiger partial charge in [-0.05, 0) is 37.8 Å². The van der Waals surface area contributed by atoms with Crippen LogP contribution in [0.2, 0.25) is 0 Å². The van der Waals surface area contributed by atoms with Gasteiger partial charge in [-0.3, -0.25) is 4.79 Å². The summed E-state index contributed by atoms with van der Waals surface area (Å²) >= 11 is 0. The fraction of sp³-hybridized carbons (Fsp3) is 0.688. The predicted octanol–water partition coefficient (Wildman–Crippen LogP) is 2.72. The molecule has 0 fully saturated rings. The molecule has 0 saturated heterocycles. The molecule has 0 aromatic carbocycles. The average molecular weight is 278 g/mol. The molecule has 1 unspecified atom stereocenters. The summed E-state index contributed by atoms with van der Waals surface area (Å²) in [6.07, 6.45) is 2.93. The van der Waals surface area contributed by atoms with Gasteiger partial charge < -0.3 is 15.1 Å². The van der Waals surface area contributed by atoms with Crippen molar-refractivity contribution in [3.63, 3.8) is 0 Å². The molecule has 0 aliphatic heterocycles. The van der Waals surface area contributed by atoms with Crippen LogP contribution in [0.15, 0.2) is 10.5 Å². The van der Waals surface area contributed by atoms with E-state index >= 15 is 0 Å². The Labute approximate surface area is 121 Å². The maximum Gasteiger partial charge on any atom is 0.234 e. The second kappa shape index (κ2) is 6.00. The van der Waals surface area contributed by atoms with E-state index in [1.165, 1.54) is 0 Å².